The molecule has 0 aliphatic rings. The van der Waals surface area contributed by atoms with E-state index in [1.807, 2.05) is 19.1 Å². The van der Waals surface area contributed by atoms with E-state index in [1.165, 1.54) is 7.11 Å². The highest BCUT2D eigenvalue weighted by atomic mass is 16.5. The molecule has 2 aromatic rings. The molecular formula is C19H19N3O5. The second-order valence-electron chi connectivity index (χ2n) is 5.46. The number of amides is 2. The standard InChI is InChI=1S/C19H19N3O5/c1-13-3-8-16(17(9-13)25-2)27-12-19(24)22-21-18(23)11-26-15-6-4-14(10-20)5-7-15/h3-9H,11-12H2,1-2H3,(H,21,23)(H,22,24). The maximum Gasteiger partial charge on any atom is 0.276 e. The molecule has 2 N–H and O–H groups in total. The Labute approximate surface area is 156 Å². The average Bonchev–Trinajstić information content (AvgIpc) is 2.69. The van der Waals surface area contributed by atoms with Gasteiger partial charge in [-0.3, -0.25) is 20.4 Å². The van der Waals surface area contributed by atoms with E-state index in [0.29, 0.717) is 22.8 Å². The summed E-state index contributed by atoms with van der Waals surface area (Å²) in [5.74, 6) is 0.298. The molecule has 0 atom stereocenters. The number of hydrogen-bond acceptors (Lipinski definition) is 6. The summed E-state index contributed by atoms with van der Waals surface area (Å²) < 4.78 is 15.8. The molecule has 2 rings (SSSR count). The van der Waals surface area contributed by atoms with Crippen LogP contribution < -0.4 is 25.1 Å². The van der Waals surface area contributed by atoms with E-state index in [2.05, 4.69) is 10.9 Å². The monoisotopic (exact) mass is 369 g/mol. The number of methoxy groups -OCH3 is 1. The van der Waals surface area contributed by atoms with Crippen molar-refractivity contribution in [1.82, 2.24) is 10.9 Å². The van der Waals surface area contributed by atoms with E-state index in [4.69, 9.17) is 19.5 Å². The number of aryl methyl sites for hydroxylation is 1. The minimum absolute atomic E-state index is 0.293. The first-order valence-corrected chi connectivity index (χ1v) is 8.00. The normalized spacial score (nSPS) is 9.67. The minimum atomic E-state index is -0.541. The Bertz CT molecular complexity index is 843. The maximum absolute atomic E-state index is 11.8. The number of nitrogens with zero attached hydrogens (tertiary/aromatic N) is 1. The molecule has 0 radical (unpaired) electrons. The van der Waals surface area contributed by atoms with Gasteiger partial charge in [-0.15, -0.1) is 0 Å². The molecule has 0 unspecified atom stereocenters. The lowest BCUT2D eigenvalue weighted by atomic mass is 10.2. The Morgan fingerprint density at radius 2 is 1.59 bits per heavy atom. The Morgan fingerprint density at radius 3 is 2.19 bits per heavy atom. The molecule has 2 aromatic carbocycles. The fraction of sp³-hybridized carbons (Fsp3) is 0.211. The predicted octanol–water partition coefficient (Wildman–Crippen LogP) is 1.48. The van der Waals surface area contributed by atoms with Crippen molar-refractivity contribution >= 4 is 11.8 Å². The van der Waals surface area contributed by atoms with Crippen molar-refractivity contribution in [3.8, 4) is 23.3 Å². The van der Waals surface area contributed by atoms with Crippen LogP contribution in [0.25, 0.3) is 0 Å². The van der Waals surface area contributed by atoms with Gasteiger partial charge in [0.05, 0.1) is 18.7 Å². The third-order valence-electron chi connectivity index (χ3n) is 3.37. The summed E-state index contributed by atoms with van der Waals surface area (Å²) in [6.07, 6.45) is 0. The van der Waals surface area contributed by atoms with Gasteiger partial charge in [0.1, 0.15) is 5.75 Å². The molecule has 0 aliphatic carbocycles. The van der Waals surface area contributed by atoms with Crippen molar-refractivity contribution in [3.05, 3.63) is 53.6 Å². The Kier molecular flexibility index (Phi) is 7.02. The molecule has 8 heteroatoms. The van der Waals surface area contributed by atoms with Gasteiger partial charge in [0.2, 0.25) is 0 Å². The molecule has 0 aromatic heterocycles. The third kappa shape index (κ3) is 6.25. The largest absolute Gasteiger partial charge is 0.493 e. The molecule has 0 bridgehead atoms. The van der Waals surface area contributed by atoms with Crippen molar-refractivity contribution in [1.29, 1.82) is 5.26 Å². The second-order valence-corrected chi connectivity index (χ2v) is 5.46. The van der Waals surface area contributed by atoms with Crippen LogP contribution in [-0.2, 0) is 9.59 Å². The van der Waals surface area contributed by atoms with Crippen LogP contribution in [0.2, 0.25) is 0 Å². The summed E-state index contributed by atoms with van der Waals surface area (Å²) >= 11 is 0. The number of benzene rings is 2. The second kappa shape index (κ2) is 9.68. The van der Waals surface area contributed by atoms with E-state index < -0.39 is 11.8 Å². The van der Waals surface area contributed by atoms with E-state index in [9.17, 15) is 9.59 Å². The van der Waals surface area contributed by atoms with E-state index in [0.717, 1.165) is 5.56 Å². The van der Waals surface area contributed by atoms with Gasteiger partial charge in [0, 0.05) is 0 Å². The molecule has 0 heterocycles. The Balaban J connectivity index is 1.71. The van der Waals surface area contributed by atoms with E-state index >= 15 is 0 Å². The van der Waals surface area contributed by atoms with Gasteiger partial charge in [0.15, 0.2) is 24.7 Å². The highest BCUT2D eigenvalue weighted by Crippen LogP contribution is 2.27. The summed E-state index contributed by atoms with van der Waals surface area (Å²) in [6.45, 7) is 1.32. The number of hydrazine groups is 1. The number of rotatable bonds is 7. The zero-order valence-electron chi connectivity index (χ0n) is 14.9. The first-order valence-electron chi connectivity index (χ1n) is 8.00. The Morgan fingerprint density at radius 1 is 0.963 bits per heavy atom. The van der Waals surface area contributed by atoms with Crippen LogP contribution in [0.3, 0.4) is 0 Å². The third-order valence-corrected chi connectivity index (χ3v) is 3.37. The van der Waals surface area contributed by atoms with Crippen LogP contribution >= 0.6 is 0 Å². The molecular weight excluding hydrogens is 350 g/mol. The molecule has 0 saturated heterocycles. The van der Waals surface area contributed by atoms with Crippen LogP contribution in [0, 0.1) is 18.3 Å². The van der Waals surface area contributed by atoms with Gasteiger partial charge in [-0.1, -0.05) is 6.07 Å². The summed E-state index contributed by atoms with van der Waals surface area (Å²) in [5.41, 5.74) is 5.94. The highest BCUT2D eigenvalue weighted by molar-refractivity contribution is 5.83. The lowest BCUT2D eigenvalue weighted by Gasteiger charge is -2.12. The van der Waals surface area contributed by atoms with Gasteiger partial charge in [-0.2, -0.15) is 5.26 Å². The fourth-order valence-electron chi connectivity index (χ4n) is 2.02. The van der Waals surface area contributed by atoms with Crippen LogP contribution in [0.4, 0.5) is 0 Å². The molecule has 0 spiro atoms. The molecule has 0 fully saturated rings. The Hall–Kier alpha value is -3.73. The lowest BCUT2D eigenvalue weighted by Crippen LogP contribution is -2.45. The number of nitriles is 1. The van der Waals surface area contributed by atoms with Gasteiger partial charge in [-0.25, -0.2) is 0 Å². The first kappa shape index (κ1) is 19.6. The molecule has 27 heavy (non-hydrogen) atoms. The number of nitrogens with one attached hydrogen (secondary N) is 2. The quantitative estimate of drug-likeness (QED) is 0.716. The van der Waals surface area contributed by atoms with Crippen molar-refractivity contribution in [3.63, 3.8) is 0 Å². The zero-order valence-corrected chi connectivity index (χ0v) is 14.9. The van der Waals surface area contributed by atoms with Crippen LogP contribution in [0.5, 0.6) is 17.2 Å². The van der Waals surface area contributed by atoms with Crippen molar-refractivity contribution in [2.45, 2.75) is 6.92 Å². The van der Waals surface area contributed by atoms with Crippen LogP contribution in [0.15, 0.2) is 42.5 Å². The summed E-state index contributed by atoms with van der Waals surface area (Å²) in [6, 6.07) is 13.6. The topological polar surface area (TPSA) is 110 Å². The molecule has 8 nitrogen and oxygen atoms in total. The highest BCUT2D eigenvalue weighted by Gasteiger charge is 2.09. The van der Waals surface area contributed by atoms with Crippen LogP contribution in [-0.4, -0.2) is 32.1 Å². The van der Waals surface area contributed by atoms with E-state index in [1.54, 1.807) is 36.4 Å². The smallest absolute Gasteiger partial charge is 0.276 e. The number of ether oxygens (including phenoxy) is 3. The lowest BCUT2D eigenvalue weighted by molar-refractivity contribution is -0.131. The van der Waals surface area contributed by atoms with Crippen LogP contribution in [0.1, 0.15) is 11.1 Å². The summed E-state index contributed by atoms with van der Waals surface area (Å²) in [5, 5.41) is 8.71. The van der Waals surface area contributed by atoms with Gasteiger partial charge >= 0.3 is 0 Å². The average molecular weight is 369 g/mol. The fourth-order valence-corrected chi connectivity index (χ4v) is 2.02. The predicted molar refractivity (Wildman–Crippen MR) is 96.2 cm³/mol. The van der Waals surface area contributed by atoms with Gasteiger partial charge in [0.25, 0.3) is 11.8 Å². The van der Waals surface area contributed by atoms with Gasteiger partial charge in [-0.05, 0) is 48.9 Å². The van der Waals surface area contributed by atoms with Crippen molar-refractivity contribution < 1.29 is 23.8 Å². The van der Waals surface area contributed by atoms with Gasteiger partial charge < -0.3 is 14.2 Å². The summed E-state index contributed by atoms with van der Waals surface area (Å²) in [7, 11) is 1.51. The molecule has 140 valence electrons. The molecule has 0 saturated carbocycles. The van der Waals surface area contributed by atoms with E-state index in [-0.39, 0.29) is 13.2 Å². The minimum Gasteiger partial charge on any atom is -0.493 e. The van der Waals surface area contributed by atoms with Crippen molar-refractivity contribution in [2.75, 3.05) is 20.3 Å². The summed E-state index contributed by atoms with van der Waals surface area (Å²) in [4.78, 5) is 23.5. The first-order chi connectivity index (χ1) is 13.0. The molecule has 2 amide bonds. The number of carbonyl (C=O) groups is 2. The SMILES string of the molecule is COc1cc(C)ccc1OCC(=O)NNC(=O)COc1ccc(C#N)cc1. The van der Waals surface area contributed by atoms with Crippen molar-refractivity contribution in [2.24, 2.45) is 0 Å². The number of hydrogen-bond donors (Lipinski definition) is 2. The maximum atomic E-state index is 11.8. The molecule has 0 aliphatic heterocycles. The number of carbonyl (C=O) groups excluding carboxylic acids is 2. The zero-order chi connectivity index (χ0) is 19.6.